The van der Waals surface area contributed by atoms with Gasteiger partial charge in [-0.2, -0.15) is 0 Å². The Morgan fingerprint density at radius 3 is 2.84 bits per heavy atom. The van der Waals surface area contributed by atoms with E-state index in [1.165, 1.54) is 25.9 Å². The Bertz CT molecular complexity index is 527. The summed E-state index contributed by atoms with van der Waals surface area (Å²) in [6.45, 7) is 11.1. The van der Waals surface area contributed by atoms with Crippen molar-refractivity contribution in [3.05, 3.63) is 29.8 Å². The van der Waals surface area contributed by atoms with E-state index in [9.17, 15) is 4.79 Å². The zero-order valence-corrected chi connectivity index (χ0v) is 15.9. The minimum Gasteiger partial charge on any atom is -0.494 e. The molecule has 1 aromatic rings. The van der Waals surface area contributed by atoms with Crippen LogP contribution < -0.4 is 15.4 Å². The van der Waals surface area contributed by atoms with E-state index < -0.39 is 0 Å². The fraction of sp³-hybridized carbons (Fsp3) is 0.650. The third-order valence-electron chi connectivity index (χ3n) is 4.83. The second-order valence-corrected chi connectivity index (χ2v) is 7.01. The monoisotopic (exact) mass is 347 g/mol. The molecule has 0 spiro atoms. The lowest BCUT2D eigenvalue weighted by molar-refractivity contribution is 0.190. The van der Waals surface area contributed by atoms with Gasteiger partial charge in [0, 0.05) is 6.54 Å². The Balaban J connectivity index is 1.65. The number of likely N-dealkylation sites (tertiary alicyclic amines) is 1. The number of nitrogens with one attached hydrogen (secondary N) is 2. The molecule has 1 saturated heterocycles. The Morgan fingerprint density at radius 1 is 1.36 bits per heavy atom. The molecule has 1 aromatic carbocycles. The molecule has 5 nitrogen and oxygen atoms in total. The third kappa shape index (κ3) is 6.94. The lowest BCUT2D eigenvalue weighted by Crippen LogP contribution is -2.39. The zero-order chi connectivity index (χ0) is 18.1. The van der Waals surface area contributed by atoms with Gasteiger partial charge in [0.15, 0.2) is 0 Å². The topological polar surface area (TPSA) is 53.6 Å². The second kappa shape index (κ2) is 10.3. The molecule has 0 bridgehead atoms. The molecule has 0 aromatic heterocycles. The molecule has 2 rings (SSSR count). The Labute approximate surface area is 152 Å². The van der Waals surface area contributed by atoms with Gasteiger partial charge in [-0.25, -0.2) is 4.79 Å². The smallest absolute Gasteiger partial charge is 0.315 e. The van der Waals surface area contributed by atoms with Crippen LogP contribution in [0, 0.1) is 5.92 Å². The summed E-state index contributed by atoms with van der Waals surface area (Å²) in [5.74, 6) is 1.70. The quantitative estimate of drug-likeness (QED) is 0.707. The molecule has 1 atom stereocenters. The number of ether oxygens (including phenoxy) is 1. The van der Waals surface area contributed by atoms with Crippen LogP contribution in [0.25, 0.3) is 0 Å². The standard InChI is InChI=1S/C20H33N3O2/c1-4-25-19-8-5-7-18(15-19)17(3)22-20(24)21-11-6-12-23-13-9-16(2)10-14-23/h5,7-8,15-17H,4,6,9-14H2,1-3H3,(H2,21,22,24). The SMILES string of the molecule is CCOc1cccc(C(C)NC(=O)NCCCN2CCC(C)CC2)c1. The molecule has 2 amide bonds. The number of carbonyl (C=O) groups is 1. The van der Waals surface area contributed by atoms with Crippen LogP contribution in [0.3, 0.4) is 0 Å². The van der Waals surface area contributed by atoms with Gasteiger partial charge in [-0.15, -0.1) is 0 Å². The van der Waals surface area contributed by atoms with Crippen LogP contribution >= 0.6 is 0 Å². The minimum absolute atomic E-state index is 0.0519. The molecule has 2 N–H and O–H groups in total. The summed E-state index contributed by atoms with van der Waals surface area (Å²) in [6, 6.07) is 7.71. The van der Waals surface area contributed by atoms with Gasteiger partial charge in [-0.3, -0.25) is 0 Å². The van der Waals surface area contributed by atoms with Gasteiger partial charge in [0.05, 0.1) is 12.6 Å². The normalized spacial score (nSPS) is 17.1. The molecule has 1 heterocycles. The fourth-order valence-corrected chi connectivity index (χ4v) is 3.16. The maximum Gasteiger partial charge on any atom is 0.315 e. The molecule has 140 valence electrons. The van der Waals surface area contributed by atoms with E-state index in [-0.39, 0.29) is 12.1 Å². The number of piperidine rings is 1. The molecule has 0 saturated carbocycles. The van der Waals surface area contributed by atoms with Crippen molar-refractivity contribution in [3.8, 4) is 5.75 Å². The molecular weight excluding hydrogens is 314 g/mol. The third-order valence-corrected chi connectivity index (χ3v) is 4.83. The fourth-order valence-electron chi connectivity index (χ4n) is 3.16. The number of amides is 2. The molecule has 1 aliphatic rings. The van der Waals surface area contributed by atoms with Crippen LogP contribution in [0.15, 0.2) is 24.3 Å². The van der Waals surface area contributed by atoms with Gasteiger partial charge >= 0.3 is 6.03 Å². The van der Waals surface area contributed by atoms with Gasteiger partial charge in [0.2, 0.25) is 0 Å². The summed E-state index contributed by atoms with van der Waals surface area (Å²) in [4.78, 5) is 14.6. The van der Waals surface area contributed by atoms with Crippen LogP contribution in [-0.4, -0.2) is 43.7 Å². The molecule has 1 aliphatic heterocycles. The van der Waals surface area contributed by atoms with E-state index in [1.807, 2.05) is 38.1 Å². The van der Waals surface area contributed by atoms with E-state index in [1.54, 1.807) is 0 Å². The minimum atomic E-state index is -0.110. The average molecular weight is 348 g/mol. The van der Waals surface area contributed by atoms with Crippen LogP contribution in [-0.2, 0) is 0 Å². The number of hydrogen-bond acceptors (Lipinski definition) is 3. The van der Waals surface area contributed by atoms with Crippen molar-refractivity contribution < 1.29 is 9.53 Å². The van der Waals surface area contributed by atoms with Crippen molar-refractivity contribution in [1.29, 1.82) is 0 Å². The highest BCUT2D eigenvalue weighted by molar-refractivity contribution is 5.74. The number of rotatable bonds is 8. The van der Waals surface area contributed by atoms with Crippen LogP contribution in [0.1, 0.15) is 51.6 Å². The maximum absolute atomic E-state index is 12.1. The van der Waals surface area contributed by atoms with Crippen molar-refractivity contribution in [2.75, 3.05) is 32.8 Å². The van der Waals surface area contributed by atoms with Crippen molar-refractivity contribution in [2.45, 2.75) is 46.1 Å². The van der Waals surface area contributed by atoms with E-state index in [0.29, 0.717) is 13.2 Å². The Kier molecular flexibility index (Phi) is 8.06. The Morgan fingerprint density at radius 2 is 2.12 bits per heavy atom. The zero-order valence-electron chi connectivity index (χ0n) is 15.9. The summed E-state index contributed by atoms with van der Waals surface area (Å²) in [5.41, 5.74) is 1.04. The number of hydrogen-bond donors (Lipinski definition) is 2. The van der Waals surface area contributed by atoms with E-state index >= 15 is 0 Å². The highest BCUT2D eigenvalue weighted by Crippen LogP contribution is 2.19. The molecule has 0 aliphatic carbocycles. The number of nitrogens with zero attached hydrogens (tertiary/aromatic N) is 1. The summed E-state index contributed by atoms with van der Waals surface area (Å²) in [6.07, 6.45) is 3.59. The van der Waals surface area contributed by atoms with E-state index in [2.05, 4.69) is 22.5 Å². The molecule has 25 heavy (non-hydrogen) atoms. The summed E-state index contributed by atoms with van der Waals surface area (Å²) < 4.78 is 5.51. The number of carbonyl (C=O) groups excluding carboxylic acids is 1. The molecule has 5 heteroatoms. The van der Waals surface area contributed by atoms with Gasteiger partial charge in [-0.05, 0) is 76.4 Å². The number of urea groups is 1. The first-order valence-corrected chi connectivity index (χ1v) is 9.58. The molecule has 0 radical (unpaired) electrons. The first-order chi connectivity index (χ1) is 12.1. The van der Waals surface area contributed by atoms with Gasteiger partial charge < -0.3 is 20.3 Å². The largest absolute Gasteiger partial charge is 0.494 e. The summed E-state index contributed by atoms with van der Waals surface area (Å²) >= 11 is 0. The first-order valence-electron chi connectivity index (χ1n) is 9.58. The molecule has 1 unspecified atom stereocenters. The van der Waals surface area contributed by atoms with E-state index in [0.717, 1.165) is 30.2 Å². The average Bonchev–Trinajstić information content (AvgIpc) is 2.61. The van der Waals surface area contributed by atoms with Gasteiger partial charge in [0.25, 0.3) is 0 Å². The van der Waals surface area contributed by atoms with Crippen molar-refractivity contribution in [2.24, 2.45) is 5.92 Å². The lowest BCUT2D eigenvalue weighted by atomic mass is 9.99. The van der Waals surface area contributed by atoms with E-state index in [4.69, 9.17) is 4.74 Å². The summed E-state index contributed by atoms with van der Waals surface area (Å²) in [5, 5.41) is 5.95. The van der Waals surface area contributed by atoms with Crippen LogP contribution in [0.4, 0.5) is 4.79 Å². The van der Waals surface area contributed by atoms with Crippen LogP contribution in [0.5, 0.6) is 5.75 Å². The van der Waals surface area contributed by atoms with Crippen molar-refractivity contribution in [3.63, 3.8) is 0 Å². The number of benzene rings is 1. The van der Waals surface area contributed by atoms with Crippen molar-refractivity contribution >= 4 is 6.03 Å². The molecule has 1 fully saturated rings. The van der Waals surface area contributed by atoms with Crippen molar-refractivity contribution in [1.82, 2.24) is 15.5 Å². The highest BCUT2D eigenvalue weighted by Gasteiger charge is 2.15. The predicted octanol–water partition coefficient (Wildman–Crippen LogP) is 3.57. The Hall–Kier alpha value is -1.75. The second-order valence-electron chi connectivity index (χ2n) is 7.01. The predicted molar refractivity (Wildman–Crippen MR) is 102 cm³/mol. The maximum atomic E-state index is 12.1. The van der Waals surface area contributed by atoms with Gasteiger partial charge in [0.1, 0.15) is 5.75 Å². The molecular formula is C20H33N3O2. The highest BCUT2D eigenvalue weighted by atomic mass is 16.5. The van der Waals surface area contributed by atoms with Crippen LogP contribution in [0.2, 0.25) is 0 Å². The lowest BCUT2D eigenvalue weighted by Gasteiger charge is -2.30. The first kappa shape index (κ1) is 19.6. The summed E-state index contributed by atoms with van der Waals surface area (Å²) in [7, 11) is 0. The van der Waals surface area contributed by atoms with Gasteiger partial charge in [-0.1, -0.05) is 19.1 Å².